The van der Waals surface area contributed by atoms with Crippen LogP contribution in [0.5, 0.6) is 0 Å². The number of nitrogens with one attached hydrogen (secondary N) is 2. The molecule has 124 valence electrons. The molecule has 0 aliphatic heterocycles. The number of sulfonamides is 1. The van der Waals surface area contributed by atoms with E-state index in [2.05, 4.69) is 9.71 Å². The first kappa shape index (κ1) is 16.2. The molecule has 3 rings (SSSR count). The fourth-order valence-electron chi connectivity index (χ4n) is 2.55. The number of aromatic nitrogens is 1. The maximum absolute atomic E-state index is 12.3. The highest BCUT2D eigenvalue weighted by molar-refractivity contribution is 7.89. The normalized spacial score (nSPS) is 13.0. The third-order valence-electron chi connectivity index (χ3n) is 3.73. The Labute approximate surface area is 139 Å². The number of carbonyl (C=O) groups excluding carboxylic acids is 1. The van der Waals surface area contributed by atoms with Crippen LogP contribution in [0.2, 0.25) is 0 Å². The second-order valence-electron chi connectivity index (χ2n) is 5.37. The zero-order valence-electron chi connectivity index (χ0n) is 12.6. The van der Waals surface area contributed by atoms with Gasteiger partial charge in [0.1, 0.15) is 0 Å². The summed E-state index contributed by atoms with van der Waals surface area (Å²) in [6.07, 6.45) is 1.66. The molecule has 0 amide bonds. The number of fused-ring (bicyclic) bond motifs is 1. The number of aliphatic carboxylic acids is 1. The van der Waals surface area contributed by atoms with Crippen LogP contribution in [-0.2, 0) is 21.2 Å². The van der Waals surface area contributed by atoms with Gasteiger partial charge in [0.2, 0.25) is 10.0 Å². The Morgan fingerprint density at radius 1 is 1.08 bits per heavy atom. The van der Waals surface area contributed by atoms with E-state index < -0.39 is 22.0 Å². The van der Waals surface area contributed by atoms with Crippen LogP contribution in [0, 0.1) is 0 Å². The number of carboxylic acids is 1. The van der Waals surface area contributed by atoms with Crippen molar-refractivity contribution < 1.29 is 18.3 Å². The second kappa shape index (κ2) is 6.46. The van der Waals surface area contributed by atoms with Gasteiger partial charge >= 0.3 is 0 Å². The van der Waals surface area contributed by atoms with Crippen molar-refractivity contribution in [2.45, 2.75) is 17.4 Å². The molecule has 0 fully saturated rings. The fourth-order valence-corrected chi connectivity index (χ4v) is 3.75. The molecule has 7 heteroatoms. The molecule has 24 heavy (non-hydrogen) atoms. The van der Waals surface area contributed by atoms with Crippen LogP contribution in [0.3, 0.4) is 0 Å². The smallest absolute Gasteiger partial charge is 0.241 e. The zero-order valence-corrected chi connectivity index (χ0v) is 13.4. The number of hydrogen-bond donors (Lipinski definition) is 2. The van der Waals surface area contributed by atoms with Crippen molar-refractivity contribution in [2.75, 3.05) is 0 Å². The van der Waals surface area contributed by atoms with Crippen LogP contribution in [0.4, 0.5) is 0 Å². The molecule has 1 atom stereocenters. The molecule has 2 N–H and O–H groups in total. The number of carboxylic acid groups (broad SMARTS) is 1. The van der Waals surface area contributed by atoms with Gasteiger partial charge in [-0.1, -0.05) is 36.4 Å². The average molecular weight is 343 g/mol. The number of aromatic amines is 1. The summed E-state index contributed by atoms with van der Waals surface area (Å²) in [5.41, 5.74) is 1.56. The maximum atomic E-state index is 12.3. The molecule has 0 saturated carbocycles. The predicted molar refractivity (Wildman–Crippen MR) is 87.6 cm³/mol. The third kappa shape index (κ3) is 3.32. The van der Waals surface area contributed by atoms with E-state index in [1.54, 1.807) is 24.4 Å². The van der Waals surface area contributed by atoms with Gasteiger partial charge in [-0.2, -0.15) is 0 Å². The third-order valence-corrected chi connectivity index (χ3v) is 5.22. The van der Waals surface area contributed by atoms with E-state index in [0.29, 0.717) is 5.56 Å². The van der Waals surface area contributed by atoms with Crippen molar-refractivity contribution in [3.8, 4) is 0 Å². The summed E-state index contributed by atoms with van der Waals surface area (Å²) in [6.45, 7) is 0. The first-order chi connectivity index (χ1) is 11.5. The highest BCUT2D eigenvalue weighted by Crippen LogP contribution is 2.19. The van der Waals surface area contributed by atoms with Crippen molar-refractivity contribution >= 4 is 26.9 Å². The number of hydrogen-bond acceptors (Lipinski definition) is 4. The largest absolute Gasteiger partial charge is 0.548 e. The van der Waals surface area contributed by atoms with Crippen LogP contribution in [0.1, 0.15) is 5.56 Å². The van der Waals surface area contributed by atoms with Gasteiger partial charge in [-0.05, 0) is 30.2 Å². The quantitative estimate of drug-likeness (QED) is 0.691. The molecule has 2 aromatic carbocycles. The van der Waals surface area contributed by atoms with E-state index in [1.807, 2.05) is 24.3 Å². The lowest BCUT2D eigenvalue weighted by molar-refractivity contribution is -0.307. The van der Waals surface area contributed by atoms with Crippen LogP contribution >= 0.6 is 0 Å². The summed E-state index contributed by atoms with van der Waals surface area (Å²) in [5.74, 6) is -1.47. The van der Waals surface area contributed by atoms with Crippen molar-refractivity contribution in [3.05, 3.63) is 66.4 Å². The number of rotatable bonds is 6. The molecule has 0 spiro atoms. The molecule has 6 nitrogen and oxygen atoms in total. The lowest BCUT2D eigenvalue weighted by Crippen LogP contribution is -2.49. The van der Waals surface area contributed by atoms with Crippen LogP contribution in [-0.4, -0.2) is 25.4 Å². The average Bonchev–Trinajstić information content (AvgIpc) is 2.98. The Morgan fingerprint density at radius 2 is 1.75 bits per heavy atom. The molecular weight excluding hydrogens is 328 g/mol. The van der Waals surface area contributed by atoms with Crippen LogP contribution in [0.15, 0.2) is 65.7 Å². The fraction of sp³-hybridized carbons (Fsp3) is 0.118. The van der Waals surface area contributed by atoms with E-state index >= 15 is 0 Å². The van der Waals surface area contributed by atoms with Crippen molar-refractivity contribution in [1.82, 2.24) is 9.71 Å². The summed E-state index contributed by atoms with van der Waals surface area (Å²) < 4.78 is 26.9. The van der Waals surface area contributed by atoms with E-state index in [4.69, 9.17) is 0 Å². The van der Waals surface area contributed by atoms with Crippen molar-refractivity contribution in [2.24, 2.45) is 0 Å². The standard InChI is InChI=1S/C17H16N2O4S/c20-17(21)16(19-24(22,23)13-6-2-1-3-7-13)10-12-11-18-15-9-5-4-8-14(12)15/h1-9,11,16,18-19H,10H2,(H,20,21)/p-1/t16-/m1/s1. The Morgan fingerprint density at radius 3 is 2.46 bits per heavy atom. The van der Waals surface area contributed by atoms with Crippen LogP contribution < -0.4 is 9.83 Å². The van der Waals surface area contributed by atoms with Crippen LogP contribution in [0.25, 0.3) is 10.9 Å². The Hall–Kier alpha value is -2.64. The van der Waals surface area contributed by atoms with Gasteiger partial charge in [-0.25, -0.2) is 13.1 Å². The van der Waals surface area contributed by atoms with Crippen molar-refractivity contribution in [3.63, 3.8) is 0 Å². The van der Waals surface area contributed by atoms with Gasteiger partial charge in [-0.15, -0.1) is 0 Å². The Kier molecular flexibility index (Phi) is 4.37. The summed E-state index contributed by atoms with van der Waals surface area (Å²) in [4.78, 5) is 14.5. The number of H-pyrrole nitrogens is 1. The molecular formula is C17H15N2O4S-. The number of para-hydroxylation sites is 1. The molecule has 0 radical (unpaired) electrons. The van der Waals surface area contributed by atoms with E-state index in [1.165, 1.54) is 12.1 Å². The van der Waals surface area contributed by atoms with E-state index in [9.17, 15) is 18.3 Å². The highest BCUT2D eigenvalue weighted by atomic mass is 32.2. The molecule has 0 bridgehead atoms. The van der Waals surface area contributed by atoms with Gasteiger partial charge in [0.15, 0.2) is 0 Å². The number of carbonyl (C=O) groups is 1. The molecule has 3 aromatic rings. The molecule has 0 aliphatic rings. The SMILES string of the molecule is O=C([O-])[C@@H](Cc1c[nH]c2ccccc12)NS(=O)(=O)c1ccccc1. The summed E-state index contributed by atoms with van der Waals surface area (Å²) >= 11 is 0. The van der Waals surface area contributed by atoms with Gasteiger partial charge in [0.05, 0.1) is 16.9 Å². The monoisotopic (exact) mass is 343 g/mol. The van der Waals surface area contributed by atoms with Gasteiger partial charge < -0.3 is 14.9 Å². The summed E-state index contributed by atoms with van der Waals surface area (Å²) in [6, 6.07) is 13.7. The minimum absolute atomic E-state index is 0.00942. The minimum atomic E-state index is -3.94. The lowest BCUT2D eigenvalue weighted by Gasteiger charge is -2.19. The minimum Gasteiger partial charge on any atom is -0.548 e. The lowest BCUT2D eigenvalue weighted by atomic mass is 10.1. The molecule has 1 heterocycles. The highest BCUT2D eigenvalue weighted by Gasteiger charge is 2.22. The number of benzene rings is 2. The van der Waals surface area contributed by atoms with Crippen molar-refractivity contribution in [1.29, 1.82) is 0 Å². The maximum Gasteiger partial charge on any atom is 0.241 e. The zero-order chi connectivity index (χ0) is 17.2. The van der Waals surface area contributed by atoms with E-state index in [-0.39, 0.29) is 11.3 Å². The summed E-state index contributed by atoms with van der Waals surface area (Å²) in [5, 5.41) is 12.3. The van der Waals surface area contributed by atoms with Gasteiger partial charge in [-0.3, -0.25) is 0 Å². The second-order valence-corrected chi connectivity index (χ2v) is 7.08. The molecule has 0 aliphatic carbocycles. The first-order valence-corrected chi connectivity index (χ1v) is 8.79. The first-order valence-electron chi connectivity index (χ1n) is 7.30. The predicted octanol–water partition coefficient (Wildman–Crippen LogP) is 0.807. The van der Waals surface area contributed by atoms with Gasteiger partial charge in [0, 0.05) is 17.1 Å². The molecule has 0 saturated heterocycles. The van der Waals surface area contributed by atoms with E-state index in [0.717, 1.165) is 10.9 Å². The topological polar surface area (TPSA) is 102 Å². The summed E-state index contributed by atoms with van der Waals surface area (Å²) in [7, 11) is -3.94. The Balaban J connectivity index is 1.87. The molecule has 0 unspecified atom stereocenters. The molecule has 1 aromatic heterocycles. The van der Waals surface area contributed by atoms with Gasteiger partial charge in [0.25, 0.3) is 0 Å². The Bertz CT molecular complexity index is 964.